The second-order valence-electron chi connectivity index (χ2n) is 6.52. The summed E-state index contributed by atoms with van der Waals surface area (Å²) >= 11 is 0. The van der Waals surface area contributed by atoms with Crippen LogP contribution in [0, 0.1) is 0 Å². The Kier molecular flexibility index (Phi) is 5.68. The number of urea groups is 1. The number of nitrogens with one attached hydrogen (secondary N) is 2. The van der Waals surface area contributed by atoms with E-state index in [4.69, 9.17) is 4.74 Å². The van der Waals surface area contributed by atoms with Gasteiger partial charge in [0.15, 0.2) is 0 Å². The van der Waals surface area contributed by atoms with Gasteiger partial charge in [-0.1, -0.05) is 42.5 Å². The molecule has 3 rings (SSSR count). The van der Waals surface area contributed by atoms with Gasteiger partial charge in [-0.2, -0.15) is 13.2 Å². The third kappa shape index (κ3) is 3.80. The van der Waals surface area contributed by atoms with Gasteiger partial charge in [-0.3, -0.25) is 19.8 Å². The van der Waals surface area contributed by atoms with Crippen LogP contribution < -0.4 is 15.4 Å². The minimum Gasteiger partial charge on any atom is -0.496 e. The Labute approximate surface area is 169 Å². The molecule has 0 radical (unpaired) electrons. The Bertz CT molecular complexity index is 965. The topological polar surface area (TPSA) is 87.7 Å². The van der Waals surface area contributed by atoms with Gasteiger partial charge in [-0.25, -0.2) is 4.79 Å². The first-order chi connectivity index (χ1) is 14.2. The summed E-state index contributed by atoms with van der Waals surface area (Å²) in [6.45, 7) is -0.281. The van der Waals surface area contributed by atoms with Crippen molar-refractivity contribution in [3.8, 4) is 5.75 Å². The quantitative estimate of drug-likeness (QED) is 0.702. The molecule has 2 N–H and O–H groups in total. The predicted molar refractivity (Wildman–Crippen MR) is 99.6 cm³/mol. The number of para-hydroxylation sites is 1. The van der Waals surface area contributed by atoms with Crippen molar-refractivity contribution in [2.45, 2.75) is 18.3 Å². The van der Waals surface area contributed by atoms with Crippen LogP contribution in [0.3, 0.4) is 0 Å². The molecule has 1 aliphatic heterocycles. The van der Waals surface area contributed by atoms with Gasteiger partial charge in [0.2, 0.25) is 0 Å². The van der Waals surface area contributed by atoms with Crippen molar-refractivity contribution in [3.63, 3.8) is 0 Å². The number of amides is 4. The number of nitrogens with zero attached hydrogens (tertiary/aromatic N) is 1. The molecular formula is C20H18F3N3O4. The van der Waals surface area contributed by atoms with Crippen molar-refractivity contribution in [1.29, 1.82) is 0 Å². The number of carbonyl (C=O) groups excluding carboxylic acids is 3. The highest BCUT2D eigenvalue weighted by molar-refractivity contribution is 6.10. The van der Waals surface area contributed by atoms with E-state index >= 15 is 0 Å². The minimum absolute atomic E-state index is 0.0185. The highest BCUT2D eigenvalue weighted by Crippen LogP contribution is 2.34. The fourth-order valence-electron chi connectivity index (χ4n) is 3.08. The molecule has 1 atom stereocenters. The van der Waals surface area contributed by atoms with Gasteiger partial charge in [-0.15, -0.1) is 0 Å². The summed E-state index contributed by atoms with van der Waals surface area (Å²) < 4.78 is 46.8. The van der Waals surface area contributed by atoms with Crippen LogP contribution in [0.2, 0.25) is 0 Å². The maximum atomic E-state index is 13.9. The first-order valence-electron chi connectivity index (χ1n) is 8.90. The minimum atomic E-state index is -5.28. The molecule has 0 aliphatic carbocycles. The highest BCUT2D eigenvalue weighted by atomic mass is 19.4. The van der Waals surface area contributed by atoms with Gasteiger partial charge in [0.25, 0.3) is 17.5 Å². The lowest BCUT2D eigenvalue weighted by molar-refractivity contribution is -0.200. The van der Waals surface area contributed by atoms with E-state index in [-0.39, 0.29) is 24.3 Å². The Morgan fingerprint density at radius 1 is 1.10 bits per heavy atom. The van der Waals surface area contributed by atoms with E-state index in [1.54, 1.807) is 41.0 Å². The number of hydrogen-bond donors (Lipinski definition) is 2. The molecule has 2 aromatic carbocycles. The summed E-state index contributed by atoms with van der Waals surface area (Å²) in [5, 5.41) is 3.29. The first kappa shape index (κ1) is 21.2. The lowest BCUT2D eigenvalue weighted by Gasteiger charge is -2.30. The molecule has 4 amide bonds. The number of alkyl halides is 3. The number of rotatable bonds is 6. The Balaban J connectivity index is 1.87. The van der Waals surface area contributed by atoms with Crippen LogP contribution in [0.15, 0.2) is 54.6 Å². The first-order valence-corrected chi connectivity index (χ1v) is 8.90. The summed E-state index contributed by atoms with van der Waals surface area (Å²) in [6.07, 6.45) is -5.12. The molecule has 0 unspecified atom stereocenters. The Morgan fingerprint density at radius 2 is 1.73 bits per heavy atom. The standard InChI is InChI=1S/C20H18F3N3O4/c1-30-15-10-6-5-9-14(15)16(27)24-19(20(21,22)23)17(28)26(18(29)25-19)12-11-13-7-3-2-4-8-13/h2-10H,11-12H2,1H3,(H,24,27)(H,25,29)/t19-/m1/s1. The summed E-state index contributed by atoms with van der Waals surface area (Å²) in [5.41, 5.74) is -3.05. The molecule has 1 saturated heterocycles. The zero-order valence-electron chi connectivity index (χ0n) is 15.8. The molecule has 0 aromatic heterocycles. The zero-order valence-corrected chi connectivity index (χ0v) is 15.8. The van der Waals surface area contributed by atoms with E-state index in [1.165, 1.54) is 31.4 Å². The zero-order chi connectivity index (χ0) is 21.9. The molecule has 0 saturated carbocycles. The van der Waals surface area contributed by atoms with Crippen LogP contribution in [0.5, 0.6) is 5.75 Å². The maximum absolute atomic E-state index is 13.9. The average molecular weight is 421 g/mol. The summed E-state index contributed by atoms with van der Waals surface area (Å²) in [4.78, 5) is 37.9. The van der Waals surface area contributed by atoms with E-state index < -0.39 is 29.7 Å². The summed E-state index contributed by atoms with van der Waals surface area (Å²) in [7, 11) is 1.25. The molecule has 2 aromatic rings. The average Bonchev–Trinajstić information content (AvgIpc) is 2.97. The number of methoxy groups -OCH3 is 1. The second-order valence-corrected chi connectivity index (χ2v) is 6.52. The van der Waals surface area contributed by atoms with Gasteiger partial charge < -0.3 is 10.1 Å². The van der Waals surface area contributed by atoms with Crippen molar-refractivity contribution in [1.82, 2.24) is 15.5 Å². The number of benzene rings is 2. The highest BCUT2D eigenvalue weighted by Gasteiger charge is 2.68. The molecular weight excluding hydrogens is 403 g/mol. The van der Waals surface area contributed by atoms with Crippen molar-refractivity contribution < 1.29 is 32.3 Å². The van der Waals surface area contributed by atoms with Crippen molar-refractivity contribution in [2.75, 3.05) is 13.7 Å². The van der Waals surface area contributed by atoms with Crippen LogP contribution in [0.1, 0.15) is 15.9 Å². The second kappa shape index (κ2) is 8.05. The smallest absolute Gasteiger partial charge is 0.440 e. The van der Waals surface area contributed by atoms with E-state index in [9.17, 15) is 27.6 Å². The van der Waals surface area contributed by atoms with Gasteiger partial charge in [0.05, 0.1) is 12.7 Å². The van der Waals surface area contributed by atoms with Gasteiger partial charge in [0.1, 0.15) is 5.75 Å². The fourth-order valence-corrected chi connectivity index (χ4v) is 3.08. The van der Waals surface area contributed by atoms with Crippen molar-refractivity contribution in [2.24, 2.45) is 0 Å². The lowest BCUT2D eigenvalue weighted by atomic mass is 10.1. The van der Waals surface area contributed by atoms with Crippen LogP contribution in [-0.4, -0.2) is 48.2 Å². The lowest BCUT2D eigenvalue weighted by Crippen LogP contribution is -2.69. The van der Waals surface area contributed by atoms with Crippen LogP contribution >= 0.6 is 0 Å². The number of hydrogen-bond acceptors (Lipinski definition) is 4. The third-order valence-electron chi connectivity index (χ3n) is 4.65. The number of carbonyl (C=O) groups is 3. The van der Waals surface area contributed by atoms with Gasteiger partial charge in [0, 0.05) is 6.54 Å². The monoisotopic (exact) mass is 421 g/mol. The van der Waals surface area contributed by atoms with Crippen LogP contribution in [0.4, 0.5) is 18.0 Å². The van der Waals surface area contributed by atoms with Crippen LogP contribution in [0.25, 0.3) is 0 Å². The fraction of sp³-hybridized carbons (Fsp3) is 0.250. The predicted octanol–water partition coefficient (Wildman–Crippen LogP) is 2.48. The maximum Gasteiger partial charge on any atom is 0.440 e. The Morgan fingerprint density at radius 3 is 2.37 bits per heavy atom. The van der Waals surface area contributed by atoms with Gasteiger partial charge >= 0.3 is 12.2 Å². The molecule has 0 spiro atoms. The molecule has 1 aliphatic rings. The molecule has 30 heavy (non-hydrogen) atoms. The molecule has 1 fully saturated rings. The van der Waals surface area contributed by atoms with Gasteiger partial charge in [-0.05, 0) is 24.1 Å². The van der Waals surface area contributed by atoms with E-state index in [1.807, 2.05) is 0 Å². The molecule has 10 heteroatoms. The largest absolute Gasteiger partial charge is 0.496 e. The van der Waals surface area contributed by atoms with Crippen LogP contribution in [-0.2, 0) is 11.2 Å². The number of halogens is 3. The molecule has 0 bridgehead atoms. The van der Waals surface area contributed by atoms with E-state index in [2.05, 4.69) is 0 Å². The van der Waals surface area contributed by atoms with Crippen molar-refractivity contribution >= 4 is 17.8 Å². The molecule has 7 nitrogen and oxygen atoms in total. The normalized spacial score (nSPS) is 18.9. The SMILES string of the molecule is COc1ccccc1C(=O)N[C@@]1(C(F)(F)F)NC(=O)N(CCc2ccccc2)C1=O. The number of ether oxygens (including phenoxy) is 1. The number of imide groups is 1. The van der Waals surface area contributed by atoms with Crippen molar-refractivity contribution in [3.05, 3.63) is 65.7 Å². The molecule has 158 valence electrons. The Hall–Kier alpha value is -3.56. The summed E-state index contributed by atoms with van der Waals surface area (Å²) in [5.74, 6) is -2.80. The third-order valence-corrected chi connectivity index (χ3v) is 4.65. The van der Waals surface area contributed by atoms with E-state index in [0.29, 0.717) is 4.90 Å². The molecule has 1 heterocycles. The van der Waals surface area contributed by atoms with E-state index in [0.717, 1.165) is 5.56 Å². The summed E-state index contributed by atoms with van der Waals surface area (Å²) in [6, 6.07) is 13.0.